The van der Waals surface area contributed by atoms with E-state index in [-0.39, 0.29) is 31.8 Å². The van der Waals surface area contributed by atoms with Crippen molar-refractivity contribution >= 4 is 23.8 Å². The molecule has 0 aromatic carbocycles. The van der Waals surface area contributed by atoms with Crippen LogP contribution in [-0.2, 0) is 19.2 Å². The lowest BCUT2D eigenvalue weighted by Crippen LogP contribution is -2.47. The van der Waals surface area contributed by atoms with Crippen LogP contribution >= 0.6 is 0 Å². The van der Waals surface area contributed by atoms with Crippen molar-refractivity contribution in [2.75, 3.05) is 58.9 Å². The number of carboxylic acid groups (broad SMARTS) is 3. The van der Waals surface area contributed by atoms with Crippen LogP contribution in [0.4, 0.5) is 0 Å². The molecule has 1 heterocycles. The number of hydrogen-bond acceptors (Lipinski definition) is 7. The standard InChI is InChI=1S/C17H30N4O7.C2H6/c1-2-18-14(22)4-3-13(17(27)28)21-9-7-19(11-15(23)24)5-6-20(8-10-21)12-16(25)26;1-2/h13H,2-12H2,1H3,(H,18,22)(H,23,24)(H,25,26)(H,27,28);1-2H3. The molecule has 0 spiro atoms. The zero-order valence-corrected chi connectivity index (χ0v) is 18.2. The van der Waals surface area contributed by atoms with Crippen molar-refractivity contribution in [2.24, 2.45) is 0 Å². The van der Waals surface area contributed by atoms with Gasteiger partial charge >= 0.3 is 17.9 Å². The van der Waals surface area contributed by atoms with E-state index in [2.05, 4.69) is 5.32 Å². The van der Waals surface area contributed by atoms with Crippen molar-refractivity contribution in [1.82, 2.24) is 20.0 Å². The molecule has 0 radical (unpaired) electrons. The number of nitrogens with one attached hydrogen (secondary N) is 1. The van der Waals surface area contributed by atoms with Gasteiger partial charge in [0.2, 0.25) is 5.91 Å². The molecule has 0 aromatic heterocycles. The molecule has 30 heavy (non-hydrogen) atoms. The third-order valence-electron chi connectivity index (χ3n) is 4.60. The first-order valence-electron chi connectivity index (χ1n) is 10.3. The number of carbonyl (C=O) groups is 4. The van der Waals surface area contributed by atoms with Gasteiger partial charge in [0.25, 0.3) is 0 Å². The lowest BCUT2D eigenvalue weighted by Gasteiger charge is -2.30. The first-order valence-corrected chi connectivity index (χ1v) is 10.3. The molecule has 4 N–H and O–H groups in total. The van der Waals surface area contributed by atoms with Crippen molar-refractivity contribution in [3.05, 3.63) is 0 Å². The van der Waals surface area contributed by atoms with E-state index in [1.807, 2.05) is 13.8 Å². The van der Waals surface area contributed by atoms with Gasteiger partial charge in [-0.25, -0.2) is 0 Å². The van der Waals surface area contributed by atoms with E-state index in [1.165, 1.54) is 0 Å². The topological polar surface area (TPSA) is 151 Å². The summed E-state index contributed by atoms with van der Waals surface area (Å²) in [5, 5.41) is 30.4. The number of rotatable bonds is 10. The maximum absolute atomic E-state index is 11.8. The largest absolute Gasteiger partial charge is 0.480 e. The second-order valence-electron chi connectivity index (χ2n) is 6.72. The Morgan fingerprint density at radius 1 is 0.833 bits per heavy atom. The van der Waals surface area contributed by atoms with Crippen molar-refractivity contribution in [3.63, 3.8) is 0 Å². The quantitative estimate of drug-likeness (QED) is 0.355. The lowest BCUT2D eigenvalue weighted by atomic mass is 10.1. The summed E-state index contributed by atoms with van der Waals surface area (Å²) >= 11 is 0. The van der Waals surface area contributed by atoms with Gasteiger partial charge in [0.15, 0.2) is 0 Å². The highest BCUT2D eigenvalue weighted by molar-refractivity contribution is 5.78. The fourth-order valence-corrected chi connectivity index (χ4v) is 3.18. The maximum Gasteiger partial charge on any atom is 0.320 e. The van der Waals surface area contributed by atoms with Gasteiger partial charge in [-0.15, -0.1) is 0 Å². The predicted octanol–water partition coefficient (Wildman–Crippen LogP) is -0.529. The van der Waals surface area contributed by atoms with E-state index >= 15 is 0 Å². The van der Waals surface area contributed by atoms with Crippen LogP contribution in [0.1, 0.15) is 33.6 Å². The Morgan fingerprint density at radius 2 is 1.27 bits per heavy atom. The third-order valence-corrected chi connectivity index (χ3v) is 4.60. The van der Waals surface area contributed by atoms with E-state index in [9.17, 15) is 24.3 Å². The summed E-state index contributed by atoms with van der Waals surface area (Å²) in [6, 6.07) is -0.904. The van der Waals surface area contributed by atoms with Gasteiger partial charge in [0.1, 0.15) is 6.04 Å². The second-order valence-corrected chi connectivity index (χ2v) is 6.72. The van der Waals surface area contributed by atoms with E-state index in [4.69, 9.17) is 10.2 Å². The highest BCUT2D eigenvalue weighted by Crippen LogP contribution is 2.11. The van der Waals surface area contributed by atoms with Crippen LogP contribution < -0.4 is 5.32 Å². The summed E-state index contributed by atoms with van der Waals surface area (Å²) in [5.74, 6) is -3.28. The number of carbonyl (C=O) groups excluding carboxylic acids is 1. The summed E-state index contributed by atoms with van der Waals surface area (Å²) in [6.45, 7) is 7.93. The van der Waals surface area contributed by atoms with Crippen LogP contribution in [0, 0.1) is 0 Å². The van der Waals surface area contributed by atoms with Crippen molar-refractivity contribution in [2.45, 2.75) is 39.7 Å². The zero-order chi connectivity index (χ0) is 23.1. The Hall–Kier alpha value is -2.24. The number of hydrogen-bond donors (Lipinski definition) is 4. The van der Waals surface area contributed by atoms with Crippen LogP contribution in [0.5, 0.6) is 0 Å². The molecule has 11 heteroatoms. The Balaban J connectivity index is 0.00000407. The van der Waals surface area contributed by atoms with Gasteiger partial charge in [0, 0.05) is 52.2 Å². The summed E-state index contributed by atoms with van der Waals surface area (Å²) in [6.07, 6.45) is 0.192. The van der Waals surface area contributed by atoms with Gasteiger partial charge in [0.05, 0.1) is 13.1 Å². The molecule has 1 saturated heterocycles. The summed E-state index contributed by atoms with van der Waals surface area (Å²) < 4.78 is 0. The van der Waals surface area contributed by atoms with E-state index < -0.39 is 23.9 Å². The van der Waals surface area contributed by atoms with E-state index in [1.54, 1.807) is 21.6 Å². The molecule has 1 atom stereocenters. The van der Waals surface area contributed by atoms with Crippen molar-refractivity contribution in [3.8, 4) is 0 Å². The highest BCUT2D eigenvalue weighted by atomic mass is 16.4. The molecule has 1 unspecified atom stereocenters. The summed E-state index contributed by atoms with van der Waals surface area (Å²) in [7, 11) is 0. The van der Waals surface area contributed by atoms with Crippen LogP contribution in [-0.4, -0.2) is 119 Å². The monoisotopic (exact) mass is 432 g/mol. The van der Waals surface area contributed by atoms with Crippen molar-refractivity contribution < 1.29 is 34.5 Å². The molecule has 11 nitrogen and oxygen atoms in total. The molecule has 0 aromatic rings. The minimum Gasteiger partial charge on any atom is -0.480 e. The van der Waals surface area contributed by atoms with Gasteiger partial charge < -0.3 is 20.6 Å². The van der Waals surface area contributed by atoms with Gasteiger partial charge in [-0.1, -0.05) is 13.8 Å². The number of carboxylic acids is 3. The minimum absolute atomic E-state index is 0.0684. The third kappa shape index (κ3) is 11.7. The fourth-order valence-electron chi connectivity index (χ4n) is 3.18. The molecule has 1 amide bonds. The average Bonchev–Trinajstić information content (AvgIpc) is 2.75. The van der Waals surface area contributed by atoms with Crippen LogP contribution in [0.2, 0.25) is 0 Å². The number of amides is 1. The average molecular weight is 433 g/mol. The lowest BCUT2D eigenvalue weighted by molar-refractivity contribution is -0.144. The molecule has 174 valence electrons. The van der Waals surface area contributed by atoms with E-state index in [0.717, 1.165) is 0 Å². The minimum atomic E-state index is -1.06. The SMILES string of the molecule is CC.CCNC(=O)CCC(C(=O)O)N1CCN(CC(=O)O)CCN(CC(=O)O)CC1. The molecular weight excluding hydrogens is 396 g/mol. The molecule has 0 bridgehead atoms. The number of nitrogens with zero attached hydrogens (tertiary/aromatic N) is 3. The maximum atomic E-state index is 11.8. The smallest absolute Gasteiger partial charge is 0.320 e. The normalized spacial score (nSPS) is 17.4. The Bertz CT molecular complexity index is 531. The molecule has 1 aliphatic rings. The molecule has 1 aliphatic heterocycles. The molecule has 1 fully saturated rings. The van der Waals surface area contributed by atoms with Gasteiger partial charge in [-0.3, -0.25) is 33.9 Å². The number of aliphatic carboxylic acids is 3. The Morgan fingerprint density at radius 3 is 1.63 bits per heavy atom. The fraction of sp³-hybridized carbons (Fsp3) is 0.789. The summed E-state index contributed by atoms with van der Waals surface area (Å²) in [4.78, 5) is 50.7. The van der Waals surface area contributed by atoms with Crippen LogP contribution in [0.25, 0.3) is 0 Å². The molecule has 0 aliphatic carbocycles. The molecular formula is C19H36N4O7. The van der Waals surface area contributed by atoms with Gasteiger partial charge in [-0.05, 0) is 13.3 Å². The second kappa shape index (κ2) is 15.6. The zero-order valence-electron chi connectivity index (χ0n) is 18.2. The van der Waals surface area contributed by atoms with E-state index in [0.29, 0.717) is 45.8 Å². The summed E-state index contributed by atoms with van der Waals surface area (Å²) in [5.41, 5.74) is 0. The van der Waals surface area contributed by atoms with Crippen molar-refractivity contribution in [1.29, 1.82) is 0 Å². The predicted molar refractivity (Wildman–Crippen MR) is 110 cm³/mol. The Kier molecular flexibility index (Phi) is 14.4. The first kappa shape index (κ1) is 27.8. The van der Waals surface area contributed by atoms with Crippen LogP contribution in [0.3, 0.4) is 0 Å². The molecule has 0 saturated carbocycles. The molecule has 1 rings (SSSR count). The highest BCUT2D eigenvalue weighted by Gasteiger charge is 2.28. The first-order chi connectivity index (χ1) is 14.2. The Labute approximate surface area is 177 Å². The van der Waals surface area contributed by atoms with Gasteiger partial charge in [-0.2, -0.15) is 0 Å². The van der Waals surface area contributed by atoms with Crippen LogP contribution in [0.15, 0.2) is 0 Å².